The van der Waals surface area contributed by atoms with E-state index in [1.165, 1.54) is 44.4 Å². The lowest BCUT2D eigenvalue weighted by atomic mass is 9.95. The molecule has 0 aliphatic carbocycles. The van der Waals surface area contributed by atoms with Gasteiger partial charge in [-0.05, 0) is 71.0 Å². The Kier molecular flexibility index (Phi) is 8.96. The molecule has 0 saturated heterocycles. The van der Waals surface area contributed by atoms with Crippen LogP contribution in [0.3, 0.4) is 0 Å². The van der Waals surface area contributed by atoms with Crippen LogP contribution >= 0.6 is 45.5 Å². The van der Waals surface area contributed by atoms with Crippen LogP contribution in [0.15, 0.2) is 57.5 Å². The summed E-state index contributed by atoms with van der Waals surface area (Å²) in [4.78, 5) is 30.1. The number of esters is 1. The van der Waals surface area contributed by atoms with E-state index in [1.807, 2.05) is 22.6 Å². The lowest BCUT2D eigenvalue weighted by molar-refractivity contribution is -0.140. The molecule has 0 amide bonds. The first kappa shape index (κ1) is 29.7. The van der Waals surface area contributed by atoms with Crippen molar-refractivity contribution in [3.8, 4) is 23.8 Å². The van der Waals surface area contributed by atoms with Gasteiger partial charge in [0, 0.05) is 5.02 Å². The summed E-state index contributed by atoms with van der Waals surface area (Å²) in [6.07, 6.45) is 1.78. The number of hydrogen-bond donors (Lipinski definition) is 0. The number of terminal acetylenes is 1. The van der Waals surface area contributed by atoms with Gasteiger partial charge in [-0.25, -0.2) is 9.79 Å². The van der Waals surface area contributed by atoms with Gasteiger partial charge in [0.15, 0.2) is 22.0 Å². The molecule has 0 radical (unpaired) electrons. The summed E-state index contributed by atoms with van der Waals surface area (Å²) in [7, 11) is 1.44. The molecule has 4 rings (SSSR count). The number of aromatic nitrogens is 1. The van der Waals surface area contributed by atoms with Crippen LogP contribution in [0.2, 0.25) is 5.02 Å². The molecule has 1 aromatic heterocycles. The number of thiazole rings is 1. The number of carbonyl (C=O) groups excluding carboxylic acids is 1. The van der Waals surface area contributed by atoms with Crippen LogP contribution in [0.1, 0.15) is 24.1 Å². The van der Waals surface area contributed by atoms with Crippen molar-refractivity contribution in [2.45, 2.75) is 19.1 Å². The molecule has 0 bridgehead atoms. The zero-order chi connectivity index (χ0) is 29.2. The van der Waals surface area contributed by atoms with Crippen molar-refractivity contribution < 1.29 is 32.2 Å². The minimum absolute atomic E-state index is 0.0132. The van der Waals surface area contributed by atoms with E-state index in [9.17, 15) is 22.8 Å². The third kappa shape index (κ3) is 5.91. The van der Waals surface area contributed by atoms with Crippen LogP contribution in [-0.4, -0.2) is 37.0 Å². The van der Waals surface area contributed by atoms with Crippen molar-refractivity contribution in [2.75, 3.05) is 20.3 Å². The molecule has 40 heavy (non-hydrogen) atoms. The SMILES string of the molecule is C#CCOc1c(I)cc(/C=c2\sc3n(c2=O)[C@@H](c2ccc(Cl)cc2)C(C(=O)OCC)=C(C(F)(F)F)N=3)cc1OC. The molecule has 7 nitrogen and oxygen atoms in total. The lowest BCUT2D eigenvalue weighted by Gasteiger charge is -2.26. The van der Waals surface area contributed by atoms with E-state index in [2.05, 4.69) is 10.9 Å². The third-order valence-corrected chi connectivity index (χ3v) is 7.67. The summed E-state index contributed by atoms with van der Waals surface area (Å²) >= 11 is 8.78. The van der Waals surface area contributed by atoms with Crippen LogP contribution in [-0.2, 0) is 9.53 Å². The number of halogens is 5. The summed E-state index contributed by atoms with van der Waals surface area (Å²) in [6, 6.07) is 7.67. The zero-order valence-electron chi connectivity index (χ0n) is 20.8. The van der Waals surface area contributed by atoms with Gasteiger partial charge < -0.3 is 14.2 Å². The third-order valence-electron chi connectivity index (χ3n) is 5.63. The fraction of sp³-hybridized carbons (Fsp3) is 0.222. The number of nitrogens with zero attached hydrogens (tertiary/aromatic N) is 2. The van der Waals surface area contributed by atoms with E-state index in [-0.39, 0.29) is 28.1 Å². The second-order valence-corrected chi connectivity index (χ2v) is 10.7. The maximum Gasteiger partial charge on any atom is 0.434 e. The van der Waals surface area contributed by atoms with E-state index in [4.69, 9.17) is 32.2 Å². The van der Waals surface area contributed by atoms with Crippen molar-refractivity contribution in [1.82, 2.24) is 4.57 Å². The number of hydrogen-bond acceptors (Lipinski definition) is 7. The van der Waals surface area contributed by atoms with Crippen molar-refractivity contribution in [1.29, 1.82) is 0 Å². The molecule has 1 aliphatic rings. The molecule has 3 aromatic rings. The fourth-order valence-electron chi connectivity index (χ4n) is 4.03. The van der Waals surface area contributed by atoms with E-state index >= 15 is 0 Å². The number of fused-ring (bicyclic) bond motifs is 1. The van der Waals surface area contributed by atoms with Crippen LogP contribution in [0, 0.1) is 15.9 Å². The van der Waals surface area contributed by atoms with E-state index < -0.39 is 35.0 Å². The van der Waals surface area contributed by atoms with Crippen molar-refractivity contribution in [3.63, 3.8) is 0 Å². The number of carbonyl (C=O) groups is 1. The number of benzene rings is 2. The van der Waals surface area contributed by atoms with Crippen molar-refractivity contribution in [3.05, 3.63) is 87.1 Å². The normalized spacial score (nSPS) is 15.2. The standard InChI is InChI=1S/C27H19ClF3IN2O5S/c1-4-10-39-22-17(32)11-14(12-18(22)37-3)13-19-24(35)34-21(15-6-8-16(28)9-7-15)20(25(36)38-5-2)23(27(29,30)31)33-26(34)40-19/h1,6-9,11-13,21H,5,10H2,2-3H3/b19-13-/t21-/m0/s1. The topological polar surface area (TPSA) is 79.1 Å². The average Bonchev–Trinajstić information content (AvgIpc) is 3.21. The average molecular weight is 703 g/mol. The summed E-state index contributed by atoms with van der Waals surface area (Å²) in [6.45, 7) is 1.31. The Bertz CT molecular complexity index is 1720. The van der Waals surface area contributed by atoms with Gasteiger partial charge >= 0.3 is 12.1 Å². The zero-order valence-corrected chi connectivity index (χ0v) is 24.6. The van der Waals surface area contributed by atoms with Crippen molar-refractivity contribution >= 4 is 57.6 Å². The Balaban J connectivity index is 1.99. The van der Waals surface area contributed by atoms with Crippen LogP contribution in [0.5, 0.6) is 11.5 Å². The Hall–Kier alpha value is -3.28. The summed E-state index contributed by atoms with van der Waals surface area (Å²) < 4.78 is 60.4. The minimum atomic E-state index is -5.00. The Morgan fingerprint density at radius 3 is 2.60 bits per heavy atom. The van der Waals surface area contributed by atoms with Crippen LogP contribution < -0.4 is 24.4 Å². The van der Waals surface area contributed by atoms with Gasteiger partial charge in [0.2, 0.25) is 0 Å². The molecule has 2 aromatic carbocycles. The number of methoxy groups -OCH3 is 1. The minimum Gasteiger partial charge on any atom is -0.493 e. The molecule has 2 heterocycles. The first-order chi connectivity index (χ1) is 19.0. The monoisotopic (exact) mass is 702 g/mol. The van der Waals surface area contributed by atoms with Gasteiger partial charge in [-0.2, -0.15) is 13.2 Å². The predicted molar refractivity (Wildman–Crippen MR) is 152 cm³/mol. The highest BCUT2D eigenvalue weighted by Crippen LogP contribution is 2.39. The highest BCUT2D eigenvalue weighted by Gasteiger charge is 2.45. The lowest BCUT2D eigenvalue weighted by Crippen LogP contribution is -2.41. The maximum absolute atomic E-state index is 14.2. The quantitative estimate of drug-likeness (QED) is 0.204. The molecule has 208 valence electrons. The summed E-state index contributed by atoms with van der Waals surface area (Å²) in [5.74, 6) is 1.91. The largest absolute Gasteiger partial charge is 0.493 e. The smallest absolute Gasteiger partial charge is 0.434 e. The molecule has 13 heteroatoms. The predicted octanol–water partition coefficient (Wildman–Crippen LogP) is 4.62. The number of alkyl halides is 3. The highest BCUT2D eigenvalue weighted by molar-refractivity contribution is 14.1. The van der Waals surface area contributed by atoms with Crippen molar-refractivity contribution in [2.24, 2.45) is 4.99 Å². The first-order valence-corrected chi connectivity index (χ1v) is 13.8. The Morgan fingerprint density at radius 1 is 1.30 bits per heavy atom. The molecule has 0 spiro atoms. The molecule has 0 unspecified atom stereocenters. The Labute approximate surface area is 248 Å². The fourth-order valence-corrected chi connectivity index (χ4v) is 5.94. The van der Waals surface area contributed by atoms with Gasteiger partial charge in [-0.15, -0.1) is 6.42 Å². The molecule has 1 aliphatic heterocycles. The van der Waals surface area contributed by atoms with Gasteiger partial charge in [0.05, 0.1) is 33.4 Å². The first-order valence-electron chi connectivity index (χ1n) is 11.5. The van der Waals surface area contributed by atoms with Gasteiger partial charge in [0.1, 0.15) is 6.61 Å². The van der Waals surface area contributed by atoms with Gasteiger partial charge in [0.25, 0.3) is 5.56 Å². The number of rotatable bonds is 7. The second kappa shape index (κ2) is 12.1. The molecule has 0 N–H and O–H groups in total. The molecule has 0 fully saturated rings. The van der Waals surface area contributed by atoms with Gasteiger partial charge in [-0.3, -0.25) is 9.36 Å². The molecule has 0 saturated carbocycles. The maximum atomic E-state index is 14.2. The number of ether oxygens (including phenoxy) is 3. The van der Waals surface area contributed by atoms with Gasteiger partial charge in [-0.1, -0.05) is 41.0 Å². The summed E-state index contributed by atoms with van der Waals surface area (Å²) in [5, 5.41) is 0.326. The molecular weight excluding hydrogens is 684 g/mol. The molecule has 1 atom stereocenters. The molecular formula is C27H19ClF3IN2O5S. The van der Waals surface area contributed by atoms with E-state index in [1.54, 1.807) is 12.1 Å². The Morgan fingerprint density at radius 2 is 2.00 bits per heavy atom. The van der Waals surface area contributed by atoms with Crippen LogP contribution in [0.4, 0.5) is 13.2 Å². The summed E-state index contributed by atoms with van der Waals surface area (Å²) in [5.41, 5.74) is -2.12. The number of allylic oxidation sites excluding steroid dienone is 1. The highest BCUT2D eigenvalue weighted by atomic mass is 127. The van der Waals surface area contributed by atoms with E-state index in [0.717, 1.165) is 15.9 Å². The van der Waals surface area contributed by atoms with E-state index in [0.29, 0.717) is 25.7 Å². The van der Waals surface area contributed by atoms with Crippen LogP contribution in [0.25, 0.3) is 6.08 Å². The second-order valence-electron chi connectivity index (χ2n) is 8.14.